The van der Waals surface area contributed by atoms with Gasteiger partial charge in [0.1, 0.15) is 10.4 Å². The average molecular weight is 427 g/mol. The van der Waals surface area contributed by atoms with Crippen LogP contribution in [-0.2, 0) is 16.0 Å². The zero-order chi connectivity index (χ0) is 20.8. The molecule has 0 radical (unpaired) electrons. The first-order chi connectivity index (χ1) is 14.0. The third kappa shape index (κ3) is 5.32. The Labute approximate surface area is 179 Å². The maximum atomic E-state index is 12.8. The average Bonchev–Trinajstić information content (AvgIpc) is 3.01. The van der Waals surface area contributed by atoms with Crippen molar-refractivity contribution in [3.05, 3.63) is 76.7 Å². The summed E-state index contributed by atoms with van der Waals surface area (Å²) in [5.41, 5.74) is 1.91. The van der Waals surface area contributed by atoms with E-state index in [1.165, 1.54) is 16.7 Å². The second-order valence-electron chi connectivity index (χ2n) is 6.72. The fourth-order valence-electron chi connectivity index (χ4n) is 3.01. The summed E-state index contributed by atoms with van der Waals surface area (Å²) in [4.78, 5) is 27.4. The van der Waals surface area contributed by atoms with Crippen LogP contribution in [0.1, 0.15) is 18.1 Å². The normalized spacial score (nSPS) is 17.4. The smallest absolute Gasteiger partial charge is 0.266 e. The van der Waals surface area contributed by atoms with Gasteiger partial charge in [-0.25, -0.2) is 0 Å². The Kier molecular flexibility index (Phi) is 7.19. The maximum Gasteiger partial charge on any atom is 0.266 e. The number of amides is 2. The highest BCUT2D eigenvalue weighted by Gasteiger charge is 2.38. The molecule has 1 fully saturated rings. The SMILES string of the molecule is CC(C(=O)NC(CO)Cc1ccccc1)N1C(=O)/C(=C/c2ccccc2)SC1=S. The number of hydrogen-bond donors (Lipinski definition) is 2. The molecule has 2 atom stereocenters. The molecule has 150 valence electrons. The van der Waals surface area contributed by atoms with E-state index in [4.69, 9.17) is 12.2 Å². The van der Waals surface area contributed by atoms with Gasteiger partial charge in [-0.1, -0.05) is 84.6 Å². The predicted octanol–water partition coefficient (Wildman–Crippen LogP) is 3.00. The molecule has 0 bridgehead atoms. The van der Waals surface area contributed by atoms with Crippen LogP contribution in [0.25, 0.3) is 6.08 Å². The number of benzene rings is 2. The van der Waals surface area contributed by atoms with Gasteiger partial charge in [-0.15, -0.1) is 0 Å². The Morgan fingerprint density at radius 1 is 1.17 bits per heavy atom. The van der Waals surface area contributed by atoms with Crippen LogP contribution in [0.4, 0.5) is 0 Å². The zero-order valence-corrected chi connectivity index (χ0v) is 17.6. The molecular weight excluding hydrogens is 404 g/mol. The van der Waals surface area contributed by atoms with Gasteiger partial charge in [0.2, 0.25) is 5.91 Å². The summed E-state index contributed by atoms with van der Waals surface area (Å²) in [5, 5.41) is 12.5. The fraction of sp³-hybridized carbons (Fsp3) is 0.227. The number of carbonyl (C=O) groups excluding carboxylic acids is 2. The third-order valence-electron chi connectivity index (χ3n) is 4.58. The van der Waals surface area contributed by atoms with Crippen molar-refractivity contribution in [2.45, 2.75) is 25.4 Å². The van der Waals surface area contributed by atoms with Gasteiger partial charge in [0.05, 0.1) is 17.6 Å². The maximum absolute atomic E-state index is 12.8. The number of thiocarbonyl (C=S) groups is 1. The van der Waals surface area contributed by atoms with Gasteiger partial charge >= 0.3 is 0 Å². The third-order valence-corrected chi connectivity index (χ3v) is 5.91. The van der Waals surface area contributed by atoms with Crippen LogP contribution < -0.4 is 5.32 Å². The standard InChI is InChI=1S/C22H22N2O3S2/c1-15(20(26)23-18(14-25)12-16-8-4-2-5-9-16)24-21(27)19(29-22(24)28)13-17-10-6-3-7-11-17/h2-11,13,15,18,25H,12,14H2,1H3,(H,23,26)/b19-13-. The van der Waals surface area contributed by atoms with E-state index in [0.29, 0.717) is 15.6 Å². The number of aliphatic hydroxyl groups is 1. The molecule has 2 unspecified atom stereocenters. The molecule has 1 saturated heterocycles. The molecule has 2 amide bonds. The minimum Gasteiger partial charge on any atom is -0.394 e. The summed E-state index contributed by atoms with van der Waals surface area (Å²) in [6.45, 7) is 1.45. The first-order valence-electron chi connectivity index (χ1n) is 9.27. The van der Waals surface area contributed by atoms with Gasteiger partial charge in [0.25, 0.3) is 5.91 Å². The van der Waals surface area contributed by atoms with Gasteiger partial charge in [-0.3, -0.25) is 14.5 Å². The van der Waals surface area contributed by atoms with Crippen molar-refractivity contribution in [1.29, 1.82) is 0 Å². The zero-order valence-electron chi connectivity index (χ0n) is 15.9. The molecule has 1 heterocycles. The molecule has 0 aliphatic carbocycles. The minimum absolute atomic E-state index is 0.195. The van der Waals surface area contributed by atoms with Crippen LogP contribution in [0.15, 0.2) is 65.6 Å². The fourth-order valence-corrected chi connectivity index (χ4v) is 4.43. The molecule has 1 aliphatic heterocycles. The summed E-state index contributed by atoms with van der Waals surface area (Å²) in [7, 11) is 0. The van der Waals surface area contributed by atoms with Gasteiger partial charge < -0.3 is 10.4 Å². The summed E-state index contributed by atoms with van der Waals surface area (Å²) in [6, 6.07) is 17.9. The van der Waals surface area contributed by atoms with Crippen LogP contribution >= 0.6 is 24.0 Å². The van der Waals surface area contributed by atoms with Crippen molar-refractivity contribution in [2.75, 3.05) is 6.61 Å². The van der Waals surface area contributed by atoms with Crippen molar-refractivity contribution >= 4 is 46.2 Å². The first-order valence-corrected chi connectivity index (χ1v) is 10.5. The van der Waals surface area contributed by atoms with Crippen molar-refractivity contribution in [3.63, 3.8) is 0 Å². The van der Waals surface area contributed by atoms with E-state index in [2.05, 4.69) is 5.32 Å². The molecule has 2 aromatic rings. The Morgan fingerprint density at radius 2 is 1.79 bits per heavy atom. The highest BCUT2D eigenvalue weighted by Crippen LogP contribution is 2.34. The molecule has 3 rings (SSSR count). The van der Waals surface area contributed by atoms with Gasteiger partial charge in [0.15, 0.2) is 0 Å². The molecule has 0 saturated carbocycles. The lowest BCUT2D eigenvalue weighted by molar-refractivity contribution is -0.132. The van der Waals surface area contributed by atoms with Crippen LogP contribution in [0, 0.1) is 0 Å². The van der Waals surface area contributed by atoms with Crippen LogP contribution in [-0.4, -0.2) is 44.8 Å². The molecule has 0 spiro atoms. The molecule has 7 heteroatoms. The summed E-state index contributed by atoms with van der Waals surface area (Å²) >= 11 is 6.54. The lowest BCUT2D eigenvalue weighted by atomic mass is 10.1. The second kappa shape index (κ2) is 9.82. The first kappa shape index (κ1) is 21.2. The number of thioether (sulfide) groups is 1. The van der Waals surface area contributed by atoms with E-state index in [9.17, 15) is 14.7 Å². The highest BCUT2D eigenvalue weighted by molar-refractivity contribution is 8.26. The Balaban J connectivity index is 1.67. The van der Waals surface area contributed by atoms with E-state index in [1.54, 1.807) is 13.0 Å². The lowest BCUT2D eigenvalue weighted by Gasteiger charge is -2.25. The van der Waals surface area contributed by atoms with Crippen LogP contribution in [0.2, 0.25) is 0 Å². The Bertz CT molecular complexity index is 916. The monoisotopic (exact) mass is 426 g/mol. The molecule has 2 N–H and O–H groups in total. The number of nitrogens with zero attached hydrogens (tertiary/aromatic N) is 1. The summed E-state index contributed by atoms with van der Waals surface area (Å²) < 4.78 is 0.350. The van der Waals surface area contributed by atoms with Gasteiger partial charge in [-0.05, 0) is 30.5 Å². The molecule has 29 heavy (non-hydrogen) atoms. The molecule has 2 aromatic carbocycles. The van der Waals surface area contributed by atoms with Crippen molar-refractivity contribution in [3.8, 4) is 0 Å². The van der Waals surface area contributed by atoms with E-state index in [0.717, 1.165) is 11.1 Å². The highest BCUT2D eigenvalue weighted by atomic mass is 32.2. The van der Waals surface area contributed by atoms with E-state index >= 15 is 0 Å². The lowest BCUT2D eigenvalue weighted by Crippen LogP contribution is -2.51. The van der Waals surface area contributed by atoms with Gasteiger partial charge in [0, 0.05) is 0 Å². The molecule has 0 aromatic heterocycles. The van der Waals surface area contributed by atoms with E-state index in [-0.39, 0.29) is 18.4 Å². The molecule has 1 aliphatic rings. The molecular formula is C22H22N2O3S2. The van der Waals surface area contributed by atoms with E-state index in [1.807, 2.05) is 60.7 Å². The number of aliphatic hydroxyl groups excluding tert-OH is 1. The van der Waals surface area contributed by atoms with Crippen LogP contribution in [0.5, 0.6) is 0 Å². The number of carbonyl (C=O) groups is 2. The second-order valence-corrected chi connectivity index (χ2v) is 8.39. The number of hydrogen-bond acceptors (Lipinski definition) is 5. The number of rotatable bonds is 7. The van der Waals surface area contributed by atoms with E-state index < -0.39 is 12.1 Å². The van der Waals surface area contributed by atoms with Crippen LogP contribution in [0.3, 0.4) is 0 Å². The largest absolute Gasteiger partial charge is 0.394 e. The quantitative estimate of drug-likeness (QED) is 0.526. The van der Waals surface area contributed by atoms with Crippen molar-refractivity contribution in [2.24, 2.45) is 0 Å². The topological polar surface area (TPSA) is 69.6 Å². The predicted molar refractivity (Wildman–Crippen MR) is 120 cm³/mol. The van der Waals surface area contributed by atoms with Gasteiger partial charge in [-0.2, -0.15) is 0 Å². The van der Waals surface area contributed by atoms with Crippen molar-refractivity contribution in [1.82, 2.24) is 10.2 Å². The molecule has 5 nitrogen and oxygen atoms in total. The summed E-state index contributed by atoms with van der Waals surface area (Å²) in [5.74, 6) is -0.632. The Hall–Kier alpha value is -2.48. The number of nitrogens with one attached hydrogen (secondary N) is 1. The Morgan fingerprint density at radius 3 is 2.41 bits per heavy atom. The van der Waals surface area contributed by atoms with Crippen molar-refractivity contribution < 1.29 is 14.7 Å². The minimum atomic E-state index is -0.769. The summed E-state index contributed by atoms with van der Waals surface area (Å²) in [6.07, 6.45) is 2.28.